The van der Waals surface area contributed by atoms with Crippen molar-refractivity contribution < 1.29 is 25.5 Å². The van der Waals surface area contributed by atoms with E-state index in [9.17, 15) is 20.4 Å². The van der Waals surface area contributed by atoms with Gasteiger partial charge in [-0.3, -0.25) is 0 Å². The quantitative estimate of drug-likeness (QED) is 0.451. The Morgan fingerprint density at radius 3 is 2.35 bits per heavy atom. The van der Waals surface area contributed by atoms with Crippen molar-refractivity contribution in [3.05, 3.63) is 36.4 Å². The maximum Gasteiger partial charge on any atom is 0.140 e. The van der Waals surface area contributed by atoms with Crippen LogP contribution in [0.5, 0.6) is 0 Å². The van der Waals surface area contributed by atoms with Crippen molar-refractivity contribution in [1.82, 2.24) is 0 Å². The van der Waals surface area contributed by atoms with Crippen LogP contribution in [0.3, 0.4) is 0 Å². The van der Waals surface area contributed by atoms with Gasteiger partial charge < -0.3 is 30.8 Å². The van der Waals surface area contributed by atoms with E-state index in [0.29, 0.717) is 5.69 Å². The zero-order valence-corrected chi connectivity index (χ0v) is 12.2. The fourth-order valence-corrected chi connectivity index (χ4v) is 2.64. The normalized spacial score (nSPS) is 18.7. The van der Waals surface area contributed by atoms with Crippen molar-refractivity contribution in [2.75, 3.05) is 11.9 Å². The van der Waals surface area contributed by atoms with Crippen molar-refractivity contribution in [3.8, 4) is 0 Å². The van der Waals surface area contributed by atoms with Gasteiger partial charge in [0, 0.05) is 11.1 Å². The fraction of sp³-hybridized carbons (Fsp3) is 0.312. The minimum atomic E-state index is -1.70. The highest BCUT2D eigenvalue weighted by Crippen LogP contribution is 2.36. The Labute approximate surface area is 132 Å². The molecule has 0 amide bonds. The standard InChI is InChI=1S/C16H18N2O5/c19-7-11(20)13(21)14(22)15(23)16-17-9-5-1-3-8-4-2-6-10(18-16)12(8)9/h1-6,11,13-15,19-23H,7H2,(H,17,18). The zero-order chi connectivity index (χ0) is 16.6. The van der Waals surface area contributed by atoms with Gasteiger partial charge in [0.15, 0.2) is 0 Å². The molecule has 0 aromatic heterocycles. The highest BCUT2D eigenvalue weighted by molar-refractivity contribution is 6.14. The van der Waals surface area contributed by atoms with Gasteiger partial charge in [0.2, 0.25) is 0 Å². The molecular formula is C16H18N2O5. The Morgan fingerprint density at radius 1 is 0.957 bits per heavy atom. The van der Waals surface area contributed by atoms with Gasteiger partial charge in [0.25, 0.3) is 0 Å². The van der Waals surface area contributed by atoms with Crippen molar-refractivity contribution in [3.63, 3.8) is 0 Å². The lowest BCUT2D eigenvalue weighted by atomic mass is 10.0. The van der Waals surface area contributed by atoms with E-state index in [1.165, 1.54) is 0 Å². The molecule has 7 heteroatoms. The van der Waals surface area contributed by atoms with Crippen LogP contribution in [-0.2, 0) is 0 Å². The number of aliphatic hydroxyl groups is 5. The second-order valence-electron chi connectivity index (χ2n) is 5.48. The molecule has 0 spiro atoms. The third kappa shape index (κ3) is 2.80. The van der Waals surface area contributed by atoms with Crippen LogP contribution >= 0.6 is 0 Å². The summed E-state index contributed by atoms with van der Waals surface area (Å²) in [6.45, 7) is -0.729. The van der Waals surface area contributed by atoms with E-state index in [4.69, 9.17) is 5.11 Å². The molecular weight excluding hydrogens is 300 g/mol. The predicted molar refractivity (Wildman–Crippen MR) is 85.8 cm³/mol. The average Bonchev–Trinajstić information content (AvgIpc) is 2.59. The van der Waals surface area contributed by atoms with Crippen LogP contribution in [0.15, 0.2) is 41.4 Å². The van der Waals surface area contributed by atoms with Crippen LogP contribution in [0.1, 0.15) is 0 Å². The number of rotatable bonds is 5. The summed E-state index contributed by atoms with van der Waals surface area (Å²) in [5.74, 6) is 0.0629. The first-order chi connectivity index (χ1) is 11.0. The molecule has 1 aliphatic heterocycles. The fourth-order valence-electron chi connectivity index (χ4n) is 2.64. The van der Waals surface area contributed by atoms with Gasteiger partial charge in [-0.25, -0.2) is 4.99 Å². The van der Waals surface area contributed by atoms with E-state index in [0.717, 1.165) is 16.5 Å². The van der Waals surface area contributed by atoms with Crippen LogP contribution in [0.4, 0.5) is 11.4 Å². The second kappa shape index (κ2) is 6.23. The van der Waals surface area contributed by atoms with Crippen LogP contribution in [0.2, 0.25) is 0 Å². The first-order valence-corrected chi connectivity index (χ1v) is 7.23. The lowest BCUT2D eigenvalue weighted by molar-refractivity contribution is -0.101. The summed E-state index contributed by atoms with van der Waals surface area (Å²) in [4.78, 5) is 4.29. The number of nitrogens with one attached hydrogen (secondary N) is 1. The molecule has 4 atom stereocenters. The molecule has 1 heterocycles. The third-order valence-corrected chi connectivity index (χ3v) is 3.92. The summed E-state index contributed by atoms with van der Waals surface area (Å²) in [5.41, 5.74) is 1.36. The topological polar surface area (TPSA) is 126 Å². The number of aliphatic hydroxyl groups excluding tert-OH is 5. The van der Waals surface area contributed by atoms with E-state index >= 15 is 0 Å². The molecule has 23 heavy (non-hydrogen) atoms. The minimum Gasteiger partial charge on any atom is -0.394 e. The van der Waals surface area contributed by atoms with Crippen LogP contribution in [0, 0.1) is 0 Å². The van der Waals surface area contributed by atoms with Crippen LogP contribution in [-0.4, -0.2) is 62.4 Å². The molecule has 6 N–H and O–H groups in total. The van der Waals surface area contributed by atoms with E-state index < -0.39 is 31.0 Å². The summed E-state index contributed by atoms with van der Waals surface area (Å²) in [6.07, 6.45) is -6.50. The van der Waals surface area contributed by atoms with Gasteiger partial charge >= 0.3 is 0 Å². The first kappa shape index (κ1) is 15.9. The summed E-state index contributed by atoms with van der Waals surface area (Å²) in [5, 5.41) is 53.0. The molecule has 3 rings (SSSR count). The van der Waals surface area contributed by atoms with E-state index in [2.05, 4.69) is 10.3 Å². The van der Waals surface area contributed by atoms with Gasteiger partial charge in [-0.15, -0.1) is 0 Å². The Morgan fingerprint density at radius 2 is 1.65 bits per heavy atom. The molecule has 2 aromatic rings. The molecule has 122 valence electrons. The highest BCUT2D eigenvalue weighted by Gasteiger charge is 2.34. The number of hydrogen-bond donors (Lipinski definition) is 6. The molecule has 2 aromatic carbocycles. The maximum absolute atomic E-state index is 10.2. The molecule has 0 bridgehead atoms. The number of benzene rings is 2. The number of nitrogens with zero attached hydrogens (tertiary/aromatic N) is 1. The van der Waals surface area contributed by atoms with E-state index in [1.807, 2.05) is 30.3 Å². The molecule has 0 saturated carbocycles. The zero-order valence-electron chi connectivity index (χ0n) is 12.2. The molecule has 0 fully saturated rings. The maximum atomic E-state index is 10.2. The second-order valence-corrected chi connectivity index (χ2v) is 5.48. The van der Waals surface area contributed by atoms with Gasteiger partial charge in [-0.05, 0) is 17.5 Å². The third-order valence-electron chi connectivity index (χ3n) is 3.92. The molecule has 0 radical (unpaired) electrons. The van der Waals surface area contributed by atoms with Crippen molar-refractivity contribution in [2.24, 2.45) is 4.99 Å². The number of hydrogen-bond acceptors (Lipinski definition) is 7. The van der Waals surface area contributed by atoms with Crippen LogP contribution in [0.25, 0.3) is 10.8 Å². The number of anilines is 1. The van der Waals surface area contributed by atoms with Gasteiger partial charge in [0.1, 0.15) is 30.3 Å². The monoisotopic (exact) mass is 318 g/mol. The van der Waals surface area contributed by atoms with Gasteiger partial charge in [-0.2, -0.15) is 0 Å². The van der Waals surface area contributed by atoms with Crippen molar-refractivity contribution in [2.45, 2.75) is 24.4 Å². The average molecular weight is 318 g/mol. The lowest BCUT2D eigenvalue weighted by Crippen LogP contribution is -2.50. The Hall–Kier alpha value is -2.03. The summed E-state index contributed by atoms with van der Waals surface area (Å²) in [7, 11) is 0. The molecule has 4 unspecified atom stereocenters. The molecule has 0 aliphatic carbocycles. The van der Waals surface area contributed by atoms with Gasteiger partial charge in [-0.1, -0.05) is 24.3 Å². The largest absolute Gasteiger partial charge is 0.394 e. The van der Waals surface area contributed by atoms with E-state index in [1.54, 1.807) is 6.07 Å². The summed E-state index contributed by atoms with van der Waals surface area (Å²) >= 11 is 0. The lowest BCUT2D eigenvalue weighted by Gasteiger charge is -2.28. The first-order valence-electron chi connectivity index (χ1n) is 7.23. The van der Waals surface area contributed by atoms with Crippen molar-refractivity contribution >= 4 is 28.0 Å². The molecule has 0 saturated heterocycles. The van der Waals surface area contributed by atoms with E-state index in [-0.39, 0.29) is 5.84 Å². The SMILES string of the molecule is OCC(O)C(O)C(O)C(O)C1=Nc2cccc3cccc(c23)N1. The summed E-state index contributed by atoms with van der Waals surface area (Å²) in [6, 6.07) is 11.2. The van der Waals surface area contributed by atoms with Crippen LogP contribution < -0.4 is 5.32 Å². The Bertz CT molecular complexity index is 743. The molecule has 7 nitrogen and oxygen atoms in total. The smallest absolute Gasteiger partial charge is 0.140 e. The van der Waals surface area contributed by atoms with Gasteiger partial charge in [0.05, 0.1) is 12.3 Å². The summed E-state index contributed by atoms with van der Waals surface area (Å²) < 4.78 is 0. The Kier molecular flexibility index (Phi) is 4.29. The predicted octanol–water partition coefficient (Wildman–Crippen LogP) is -0.269. The minimum absolute atomic E-state index is 0.0629. The molecule has 1 aliphatic rings. The highest BCUT2D eigenvalue weighted by atomic mass is 16.4. The Balaban J connectivity index is 1.93. The number of amidine groups is 1. The van der Waals surface area contributed by atoms with Crippen molar-refractivity contribution in [1.29, 1.82) is 0 Å². The number of aliphatic imine (C=N–C) groups is 1.